The van der Waals surface area contributed by atoms with Crippen LogP contribution in [0.4, 0.5) is 0 Å². The molecule has 3 nitrogen and oxygen atoms in total. The van der Waals surface area contributed by atoms with Crippen molar-refractivity contribution in [3.8, 4) is 0 Å². The Balaban J connectivity index is 2.60. The predicted octanol–water partition coefficient (Wildman–Crippen LogP) is 1.74. The van der Waals surface area contributed by atoms with Gasteiger partial charge in [0.25, 0.3) is 0 Å². The van der Waals surface area contributed by atoms with Gasteiger partial charge in [0.05, 0.1) is 6.10 Å². The Bertz CT molecular complexity index is 311. The third kappa shape index (κ3) is 4.46. The van der Waals surface area contributed by atoms with E-state index in [2.05, 4.69) is 19.1 Å². The second-order valence-corrected chi connectivity index (χ2v) is 4.53. The van der Waals surface area contributed by atoms with Crippen molar-refractivity contribution in [3.05, 3.63) is 35.4 Å². The number of hydrogen-bond acceptors (Lipinski definition) is 3. The minimum atomic E-state index is -0.612. The van der Waals surface area contributed by atoms with Gasteiger partial charge in [-0.15, -0.1) is 0 Å². The van der Waals surface area contributed by atoms with Gasteiger partial charge in [-0.1, -0.05) is 37.6 Å². The van der Waals surface area contributed by atoms with E-state index in [0.717, 1.165) is 12.0 Å². The summed E-state index contributed by atoms with van der Waals surface area (Å²) in [5.41, 5.74) is 13.5. The first kappa shape index (κ1) is 14.2. The normalized spacial score (nSPS) is 14.6. The van der Waals surface area contributed by atoms with Crippen LogP contribution in [0.25, 0.3) is 0 Å². The molecule has 2 atom stereocenters. The molecule has 96 valence electrons. The Labute approximate surface area is 104 Å². The predicted molar refractivity (Wildman–Crippen MR) is 71.7 cm³/mol. The molecule has 0 bridgehead atoms. The van der Waals surface area contributed by atoms with Crippen LogP contribution < -0.4 is 11.5 Å². The van der Waals surface area contributed by atoms with Gasteiger partial charge in [-0.2, -0.15) is 0 Å². The molecule has 0 saturated carbocycles. The highest BCUT2D eigenvalue weighted by Gasteiger charge is 2.15. The smallest absolute Gasteiger partial charge is 0.0941 e. The van der Waals surface area contributed by atoms with E-state index >= 15 is 0 Å². The third-order valence-electron chi connectivity index (χ3n) is 3.05. The molecule has 17 heavy (non-hydrogen) atoms. The fraction of sp³-hybridized carbons (Fsp3) is 0.571. The van der Waals surface area contributed by atoms with Gasteiger partial charge < -0.3 is 16.6 Å². The fourth-order valence-corrected chi connectivity index (χ4v) is 1.86. The highest BCUT2D eigenvalue weighted by Crippen LogP contribution is 2.18. The minimum absolute atomic E-state index is 0.276. The number of hydrogen-bond donors (Lipinski definition) is 3. The van der Waals surface area contributed by atoms with Crippen LogP contribution in [0.3, 0.4) is 0 Å². The minimum Gasteiger partial charge on any atom is -0.387 e. The summed E-state index contributed by atoms with van der Waals surface area (Å²) in [5, 5.41) is 10.0. The Kier molecular flexibility index (Phi) is 6.19. The van der Waals surface area contributed by atoms with Crippen molar-refractivity contribution in [2.45, 2.75) is 44.8 Å². The summed E-state index contributed by atoms with van der Waals surface area (Å²) in [4.78, 5) is 0. The van der Waals surface area contributed by atoms with E-state index in [9.17, 15) is 5.11 Å². The standard InChI is InChI=1S/C14H24N2O/c1-2-3-4-11-5-7-12(8-6-11)14(17)13(16)9-10-15/h5-8,13-14,17H,2-4,9-10,15-16H2,1H3. The molecule has 0 aliphatic heterocycles. The first-order valence-corrected chi connectivity index (χ1v) is 6.41. The Morgan fingerprint density at radius 2 is 1.88 bits per heavy atom. The maximum atomic E-state index is 10.0. The van der Waals surface area contributed by atoms with Crippen molar-refractivity contribution in [3.63, 3.8) is 0 Å². The second-order valence-electron chi connectivity index (χ2n) is 4.53. The van der Waals surface area contributed by atoms with E-state index in [4.69, 9.17) is 11.5 Å². The maximum absolute atomic E-state index is 10.0. The largest absolute Gasteiger partial charge is 0.387 e. The quantitative estimate of drug-likeness (QED) is 0.675. The van der Waals surface area contributed by atoms with E-state index in [1.807, 2.05) is 12.1 Å². The van der Waals surface area contributed by atoms with Crippen molar-refractivity contribution in [1.82, 2.24) is 0 Å². The first-order valence-electron chi connectivity index (χ1n) is 6.41. The second kappa shape index (κ2) is 7.43. The fourth-order valence-electron chi connectivity index (χ4n) is 1.86. The Morgan fingerprint density at radius 1 is 1.24 bits per heavy atom. The zero-order valence-corrected chi connectivity index (χ0v) is 10.6. The van der Waals surface area contributed by atoms with Gasteiger partial charge in [-0.05, 0) is 36.9 Å². The number of aliphatic hydroxyl groups is 1. The number of benzene rings is 1. The van der Waals surface area contributed by atoms with Crippen LogP contribution >= 0.6 is 0 Å². The van der Waals surface area contributed by atoms with Crippen molar-refractivity contribution in [1.29, 1.82) is 0 Å². The summed E-state index contributed by atoms with van der Waals surface area (Å²) < 4.78 is 0. The first-order chi connectivity index (χ1) is 8.19. The molecule has 0 fully saturated rings. The summed E-state index contributed by atoms with van der Waals surface area (Å²) in [6, 6.07) is 7.80. The summed E-state index contributed by atoms with van der Waals surface area (Å²) in [6.45, 7) is 2.69. The molecule has 0 heterocycles. The van der Waals surface area contributed by atoms with Crippen LogP contribution in [-0.2, 0) is 6.42 Å². The summed E-state index contributed by atoms with van der Waals surface area (Å²) >= 11 is 0. The lowest BCUT2D eigenvalue weighted by atomic mass is 9.98. The van der Waals surface area contributed by atoms with Crippen LogP contribution in [0.15, 0.2) is 24.3 Å². The van der Waals surface area contributed by atoms with Crippen molar-refractivity contribution >= 4 is 0 Å². The molecule has 1 rings (SSSR count). The summed E-state index contributed by atoms with van der Waals surface area (Å²) in [5.74, 6) is 0. The van der Waals surface area contributed by atoms with Gasteiger partial charge in [0.1, 0.15) is 0 Å². The van der Waals surface area contributed by atoms with E-state index in [0.29, 0.717) is 13.0 Å². The van der Waals surface area contributed by atoms with E-state index in [1.165, 1.54) is 18.4 Å². The number of aliphatic hydroxyl groups excluding tert-OH is 1. The molecule has 1 aromatic rings. The van der Waals surface area contributed by atoms with Crippen LogP contribution in [0, 0.1) is 0 Å². The van der Waals surface area contributed by atoms with E-state index < -0.39 is 6.10 Å². The molecule has 3 heteroatoms. The van der Waals surface area contributed by atoms with E-state index in [1.54, 1.807) is 0 Å². The topological polar surface area (TPSA) is 72.3 Å². The number of unbranched alkanes of at least 4 members (excludes halogenated alkanes) is 1. The van der Waals surface area contributed by atoms with Gasteiger partial charge in [-0.3, -0.25) is 0 Å². The molecule has 1 aromatic carbocycles. The van der Waals surface area contributed by atoms with Crippen LogP contribution in [0.5, 0.6) is 0 Å². The number of nitrogens with two attached hydrogens (primary N) is 2. The van der Waals surface area contributed by atoms with Crippen molar-refractivity contribution < 1.29 is 5.11 Å². The Hall–Kier alpha value is -0.900. The summed E-state index contributed by atoms with van der Waals surface area (Å²) in [7, 11) is 0. The molecule has 0 aliphatic rings. The molecule has 0 amide bonds. The maximum Gasteiger partial charge on any atom is 0.0941 e. The molecule has 0 aliphatic carbocycles. The van der Waals surface area contributed by atoms with Crippen LogP contribution in [0.2, 0.25) is 0 Å². The molecule has 2 unspecified atom stereocenters. The third-order valence-corrected chi connectivity index (χ3v) is 3.05. The average molecular weight is 236 g/mol. The van der Waals surface area contributed by atoms with Gasteiger partial charge in [-0.25, -0.2) is 0 Å². The van der Waals surface area contributed by atoms with Gasteiger partial charge in [0, 0.05) is 6.04 Å². The number of rotatable bonds is 7. The monoisotopic (exact) mass is 236 g/mol. The Morgan fingerprint density at radius 3 is 2.41 bits per heavy atom. The molecule has 0 aromatic heterocycles. The van der Waals surface area contributed by atoms with Crippen molar-refractivity contribution in [2.75, 3.05) is 6.54 Å². The molecule has 0 saturated heterocycles. The van der Waals surface area contributed by atoms with Gasteiger partial charge in [0.15, 0.2) is 0 Å². The molecule has 5 N–H and O–H groups in total. The average Bonchev–Trinajstić information content (AvgIpc) is 2.36. The molecular weight excluding hydrogens is 212 g/mol. The lowest BCUT2D eigenvalue weighted by Crippen LogP contribution is -2.30. The van der Waals surface area contributed by atoms with E-state index in [-0.39, 0.29) is 6.04 Å². The molecule has 0 spiro atoms. The van der Waals surface area contributed by atoms with Crippen LogP contribution in [0.1, 0.15) is 43.4 Å². The van der Waals surface area contributed by atoms with Gasteiger partial charge >= 0.3 is 0 Å². The van der Waals surface area contributed by atoms with Crippen LogP contribution in [-0.4, -0.2) is 17.7 Å². The lowest BCUT2D eigenvalue weighted by Gasteiger charge is -2.18. The summed E-state index contributed by atoms with van der Waals surface area (Å²) in [6.07, 6.45) is 3.53. The number of aryl methyl sites for hydroxylation is 1. The zero-order chi connectivity index (χ0) is 12.7. The van der Waals surface area contributed by atoms with Crippen molar-refractivity contribution in [2.24, 2.45) is 11.5 Å². The molecular formula is C14H24N2O. The highest BCUT2D eigenvalue weighted by atomic mass is 16.3. The highest BCUT2D eigenvalue weighted by molar-refractivity contribution is 5.25. The SMILES string of the molecule is CCCCc1ccc(C(O)C(N)CCN)cc1. The lowest BCUT2D eigenvalue weighted by molar-refractivity contribution is 0.143. The van der Waals surface area contributed by atoms with Gasteiger partial charge in [0.2, 0.25) is 0 Å². The molecule has 0 radical (unpaired) electrons. The zero-order valence-electron chi connectivity index (χ0n) is 10.6.